The normalized spacial score (nSPS) is 10.5. The second kappa shape index (κ2) is 8.56. The number of carbonyl (C=O) groups is 1. The molecule has 0 radical (unpaired) electrons. The summed E-state index contributed by atoms with van der Waals surface area (Å²) >= 11 is 0. The molecule has 1 aromatic heterocycles. The number of aromatic carboxylic acids is 1. The molecule has 22 heavy (non-hydrogen) atoms. The van der Waals surface area contributed by atoms with Crippen molar-refractivity contribution in [3.05, 3.63) is 53.3 Å². The Morgan fingerprint density at radius 2 is 2.00 bits per heavy atom. The minimum Gasteiger partial charge on any atom is -0.478 e. The minimum absolute atomic E-state index is 0. The highest BCUT2D eigenvalue weighted by Crippen LogP contribution is 2.09. The Kier molecular flexibility index (Phi) is 7.08. The van der Waals surface area contributed by atoms with Gasteiger partial charge in [0.25, 0.3) is 0 Å². The van der Waals surface area contributed by atoms with Crippen LogP contribution >= 0.6 is 12.4 Å². The van der Waals surface area contributed by atoms with E-state index in [1.807, 2.05) is 29.1 Å². The molecule has 0 unspecified atom stereocenters. The Labute approximate surface area is 136 Å². The summed E-state index contributed by atoms with van der Waals surface area (Å²) in [6.45, 7) is 6.35. The van der Waals surface area contributed by atoms with Crippen LogP contribution < -0.4 is 5.32 Å². The zero-order valence-corrected chi connectivity index (χ0v) is 13.6. The first-order chi connectivity index (χ1) is 10.1. The quantitative estimate of drug-likeness (QED) is 0.822. The molecule has 0 saturated carbocycles. The van der Waals surface area contributed by atoms with Gasteiger partial charge in [-0.1, -0.05) is 32.0 Å². The molecule has 1 aromatic carbocycles. The first-order valence-electron chi connectivity index (χ1n) is 7.10. The SMILES string of the molecule is CC(C)Cn1ccc(CNCc2ccccc2C(=O)O)n1.Cl. The first kappa shape index (κ1) is 18.2. The van der Waals surface area contributed by atoms with E-state index in [2.05, 4.69) is 24.3 Å². The van der Waals surface area contributed by atoms with Gasteiger partial charge in [-0.3, -0.25) is 4.68 Å². The standard InChI is InChI=1S/C16H21N3O2.ClH/c1-12(2)11-19-8-7-14(18-19)10-17-9-13-5-3-4-6-15(13)16(20)21;/h3-8,12,17H,9-11H2,1-2H3,(H,20,21);1H. The van der Waals surface area contributed by atoms with Crippen LogP contribution in [0.25, 0.3) is 0 Å². The number of halogens is 1. The third-order valence-electron chi connectivity index (χ3n) is 3.12. The van der Waals surface area contributed by atoms with Gasteiger partial charge in [-0.2, -0.15) is 5.10 Å². The van der Waals surface area contributed by atoms with Gasteiger partial charge in [0.15, 0.2) is 0 Å². The highest BCUT2D eigenvalue weighted by atomic mass is 35.5. The Hall–Kier alpha value is -1.85. The maximum Gasteiger partial charge on any atom is 0.336 e. The van der Waals surface area contributed by atoms with Crippen LogP contribution in [0.1, 0.15) is 35.5 Å². The van der Waals surface area contributed by atoms with Crippen LogP contribution in [-0.2, 0) is 19.6 Å². The summed E-state index contributed by atoms with van der Waals surface area (Å²) in [6.07, 6.45) is 1.97. The van der Waals surface area contributed by atoms with Crippen LogP contribution in [0.2, 0.25) is 0 Å². The van der Waals surface area contributed by atoms with Crippen LogP contribution in [0.3, 0.4) is 0 Å². The molecule has 5 nitrogen and oxygen atoms in total. The molecule has 1 heterocycles. The monoisotopic (exact) mass is 323 g/mol. The summed E-state index contributed by atoms with van der Waals surface area (Å²) in [6, 6.07) is 9.02. The molecular weight excluding hydrogens is 302 g/mol. The van der Waals surface area contributed by atoms with Crippen molar-refractivity contribution in [3.8, 4) is 0 Å². The Morgan fingerprint density at radius 1 is 1.27 bits per heavy atom. The van der Waals surface area contributed by atoms with Crippen molar-refractivity contribution in [2.75, 3.05) is 0 Å². The summed E-state index contributed by atoms with van der Waals surface area (Å²) in [7, 11) is 0. The van der Waals surface area contributed by atoms with Gasteiger partial charge in [0.05, 0.1) is 11.3 Å². The van der Waals surface area contributed by atoms with E-state index in [1.165, 1.54) is 0 Å². The number of nitrogens with one attached hydrogen (secondary N) is 1. The molecule has 2 aromatic rings. The smallest absolute Gasteiger partial charge is 0.336 e. The molecule has 0 amide bonds. The van der Waals surface area contributed by atoms with Gasteiger partial charge in [0.2, 0.25) is 0 Å². The van der Waals surface area contributed by atoms with E-state index in [4.69, 9.17) is 5.11 Å². The lowest BCUT2D eigenvalue weighted by Gasteiger charge is -2.07. The number of carboxylic acids is 1. The predicted molar refractivity (Wildman–Crippen MR) is 88.3 cm³/mol. The van der Waals surface area contributed by atoms with E-state index in [0.717, 1.165) is 17.8 Å². The topological polar surface area (TPSA) is 67.2 Å². The number of nitrogens with zero attached hydrogens (tertiary/aromatic N) is 2. The molecule has 6 heteroatoms. The summed E-state index contributed by atoms with van der Waals surface area (Å²) in [5, 5.41) is 16.8. The van der Waals surface area contributed by atoms with Gasteiger partial charge < -0.3 is 10.4 Å². The van der Waals surface area contributed by atoms with Gasteiger partial charge in [-0.25, -0.2) is 4.79 Å². The van der Waals surface area contributed by atoms with Crippen molar-refractivity contribution < 1.29 is 9.90 Å². The third kappa shape index (κ3) is 5.16. The molecule has 2 N–H and O–H groups in total. The largest absolute Gasteiger partial charge is 0.478 e. The fourth-order valence-electron chi connectivity index (χ4n) is 2.18. The van der Waals surface area contributed by atoms with Gasteiger partial charge >= 0.3 is 5.97 Å². The van der Waals surface area contributed by atoms with E-state index in [-0.39, 0.29) is 12.4 Å². The molecule has 0 atom stereocenters. The van der Waals surface area contributed by atoms with Crippen molar-refractivity contribution >= 4 is 18.4 Å². The highest BCUT2D eigenvalue weighted by Gasteiger charge is 2.08. The predicted octanol–water partition coefficient (Wildman–Crippen LogP) is 2.95. The number of carboxylic acid groups (broad SMARTS) is 1. The van der Waals surface area contributed by atoms with Crippen LogP contribution in [0, 0.1) is 5.92 Å². The zero-order valence-electron chi connectivity index (χ0n) is 12.8. The lowest BCUT2D eigenvalue weighted by Crippen LogP contribution is -2.16. The average molecular weight is 324 g/mol. The van der Waals surface area contributed by atoms with E-state index in [9.17, 15) is 4.79 Å². The fraction of sp³-hybridized carbons (Fsp3) is 0.375. The van der Waals surface area contributed by atoms with Gasteiger partial charge in [-0.15, -0.1) is 12.4 Å². The van der Waals surface area contributed by atoms with Gasteiger partial charge in [0, 0.05) is 25.8 Å². The summed E-state index contributed by atoms with van der Waals surface area (Å²) in [4.78, 5) is 11.1. The molecule has 0 aliphatic heterocycles. The second-order valence-electron chi connectivity index (χ2n) is 5.49. The van der Waals surface area contributed by atoms with E-state index < -0.39 is 5.97 Å². The number of rotatable bonds is 7. The van der Waals surface area contributed by atoms with Crippen molar-refractivity contribution in [1.29, 1.82) is 0 Å². The summed E-state index contributed by atoms with van der Waals surface area (Å²) in [5.74, 6) is -0.332. The fourth-order valence-corrected chi connectivity index (χ4v) is 2.18. The zero-order chi connectivity index (χ0) is 15.2. The Balaban J connectivity index is 0.00000242. The number of hydrogen-bond donors (Lipinski definition) is 2. The average Bonchev–Trinajstić information content (AvgIpc) is 2.86. The molecule has 0 spiro atoms. The van der Waals surface area contributed by atoms with Crippen LogP contribution in [0.15, 0.2) is 36.5 Å². The number of hydrogen-bond acceptors (Lipinski definition) is 3. The van der Waals surface area contributed by atoms with Crippen LogP contribution in [0.5, 0.6) is 0 Å². The molecule has 0 saturated heterocycles. The molecule has 120 valence electrons. The Bertz CT molecular complexity index is 611. The molecule has 0 fully saturated rings. The Morgan fingerprint density at radius 3 is 2.68 bits per heavy atom. The molecular formula is C16H22ClN3O2. The van der Waals surface area contributed by atoms with Crippen LogP contribution in [0.4, 0.5) is 0 Å². The maximum atomic E-state index is 11.1. The third-order valence-corrected chi connectivity index (χ3v) is 3.12. The summed E-state index contributed by atoms with van der Waals surface area (Å²) in [5.41, 5.74) is 2.09. The van der Waals surface area contributed by atoms with Crippen molar-refractivity contribution in [2.24, 2.45) is 5.92 Å². The van der Waals surface area contributed by atoms with Crippen molar-refractivity contribution in [3.63, 3.8) is 0 Å². The van der Waals surface area contributed by atoms with Gasteiger partial charge in [-0.05, 0) is 23.6 Å². The van der Waals surface area contributed by atoms with Crippen LogP contribution in [-0.4, -0.2) is 20.9 Å². The first-order valence-corrected chi connectivity index (χ1v) is 7.10. The van der Waals surface area contributed by atoms with E-state index in [1.54, 1.807) is 12.1 Å². The lowest BCUT2D eigenvalue weighted by atomic mass is 10.1. The molecule has 0 aliphatic carbocycles. The van der Waals surface area contributed by atoms with Gasteiger partial charge in [0.1, 0.15) is 0 Å². The molecule has 2 rings (SSSR count). The lowest BCUT2D eigenvalue weighted by molar-refractivity contribution is 0.0695. The highest BCUT2D eigenvalue weighted by molar-refractivity contribution is 5.89. The second-order valence-corrected chi connectivity index (χ2v) is 5.49. The number of aromatic nitrogens is 2. The van der Waals surface area contributed by atoms with Crippen molar-refractivity contribution in [1.82, 2.24) is 15.1 Å². The maximum absolute atomic E-state index is 11.1. The van der Waals surface area contributed by atoms with E-state index in [0.29, 0.717) is 24.6 Å². The van der Waals surface area contributed by atoms with E-state index >= 15 is 0 Å². The molecule has 0 aliphatic rings. The minimum atomic E-state index is -0.895. The number of benzene rings is 1. The van der Waals surface area contributed by atoms with Crippen molar-refractivity contribution in [2.45, 2.75) is 33.5 Å². The summed E-state index contributed by atoms with van der Waals surface area (Å²) < 4.78 is 1.94. The molecule has 0 bridgehead atoms.